The average Bonchev–Trinajstić information content (AvgIpc) is 2.95. The second-order valence-electron chi connectivity index (χ2n) is 5.42. The summed E-state index contributed by atoms with van der Waals surface area (Å²) >= 11 is 0. The lowest BCUT2D eigenvalue weighted by molar-refractivity contribution is 0.0685. The number of nitrogens with one attached hydrogen (secondary N) is 2. The van der Waals surface area contributed by atoms with Crippen LogP contribution in [0.3, 0.4) is 0 Å². The Morgan fingerprint density at radius 3 is 3.05 bits per heavy atom. The van der Waals surface area contributed by atoms with Crippen LogP contribution in [0.2, 0.25) is 0 Å². The largest absolute Gasteiger partial charge is 0.477 e. The van der Waals surface area contributed by atoms with Gasteiger partial charge in [0, 0.05) is 19.1 Å². The number of rotatable bonds is 6. The molecule has 0 aromatic carbocycles. The van der Waals surface area contributed by atoms with Gasteiger partial charge < -0.3 is 20.3 Å². The first-order valence-corrected chi connectivity index (χ1v) is 7.38. The zero-order valence-electron chi connectivity index (χ0n) is 12.3. The fourth-order valence-corrected chi connectivity index (χ4v) is 2.69. The van der Waals surface area contributed by atoms with Crippen LogP contribution in [0.1, 0.15) is 53.6 Å². The van der Waals surface area contributed by atoms with Crippen LogP contribution in [0.5, 0.6) is 0 Å². The Morgan fingerprint density at radius 2 is 2.33 bits per heavy atom. The van der Waals surface area contributed by atoms with Crippen LogP contribution in [0.4, 0.5) is 0 Å². The van der Waals surface area contributed by atoms with Gasteiger partial charge in [-0.3, -0.25) is 4.79 Å². The van der Waals surface area contributed by atoms with Crippen LogP contribution in [0.25, 0.3) is 0 Å². The topological polar surface area (TPSA) is 98.3 Å². The molecule has 7 heteroatoms. The summed E-state index contributed by atoms with van der Waals surface area (Å²) < 4.78 is 0. The molecule has 21 heavy (non-hydrogen) atoms. The summed E-state index contributed by atoms with van der Waals surface area (Å²) in [6.45, 7) is 4.83. The molecule has 1 amide bonds. The molecule has 1 fully saturated rings. The third kappa shape index (κ3) is 4.04. The van der Waals surface area contributed by atoms with Crippen molar-refractivity contribution < 1.29 is 14.7 Å². The first kappa shape index (κ1) is 15.5. The molecule has 0 aliphatic carbocycles. The number of amides is 1. The molecule has 1 aromatic rings. The Labute approximate surface area is 123 Å². The molecule has 0 radical (unpaired) electrons. The number of carbonyl (C=O) groups excluding carboxylic acids is 1. The minimum atomic E-state index is -1.18. The quantitative estimate of drug-likeness (QED) is 0.682. The molecular formula is C14H22N4O3. The first-order valence-electron chi connectivity index (χ1n) is 7.38. The van der Waals surface area contributed by atoms with Gasteiger partial charge in [0.05, 0.1) is 6.33 Å². The van der Waals surface area contributed by atoms with Gasteiger partial charge in [0.25, 0.3) is 5.91 Å². The third-order valence-electron chi connectivity index (χ3n) is 3.92. The Balaban J connectivity index is 1.74. The number of imidazole rings is 1. The lowest BCUT2D eigenvalue weighted by Crippen LogP contribution is -2.39. The van der Waals surface area contributed by atoms with Gasteiger partial charge in [0.1, 0.15) is 0 Å². The number of hydrogen-bond acceptors (Lipinski definition) is 4. The molecule has 1 aliphatic heterocycles. The number of piperidine rings is 1. The Morgan fingerprint density at radius 1 is 1.52 bits per heavy atom. The number of likely N-dealkylation sites (tertiary alicyclic amines) is 1. The number of aromatic nitrogens is 2. The molecule has 1 aromatic heterocycles. The van der Waals surface area contributed by atoms with Crippen molar-refractivity contribution in [3.05, 3.63) is 17.7 Å². The van der Waals surface area contributed by atoms with E-state index in [0.29, 0.717) is 12.6 Å². The maximum Gasteiger partial charge on any atom is 0.354 e. The standard InChI is InChI=1S/C14H22N4O3/c1-10-5-2-3-7-18(10)8-4-6-15-13(19)11-12(14(20)21)17-9-16-11/h9-10H,2-8H2,1H3,(H,15,19)(H,16,17)(H,20,21). The summed E-state index contributed by atoms with van der Waals surface area (Å²) in [5.74, 6) is -1.62. The molecule has 1 aliphatic rings. The average molecular weight is 294 g/mol. The van der Waals surface area contributed by atoms with E-state index >= 15 is 0 Å². The maximum absolute atomic E-state index is 11.9. The number of carboxylic acid groups (broad SMARTS) is 1. The zero-order valence-corrected chi connectivity index (χ0v) is 12.3. The number of H-pyrrole nitrogens is 1. The lowest BCUT2D eigenvalue weighted by atomic mass is 10.0. The summed E-state index contributed by atoms with van der Waals surface area (Å²) in [5, 5.41) is 11.6. The van der Waals surface area contributed by atoms with Crippen molar-refractivity contribution in [3.8, 4) is 0 Å². The summed E-state index contributed by atoms with van der Waals surface area (Å²) in [7, 11) is 0. The molecule has 1 saturated heterocycles. The van der Waals surface area contributed by atoms with Gasteiger partial charge >= 0.3 is 5.97 Å². The van der Waals surface area contributed by atoms with E-state index in [4.69, 9.17) is 5.11 Å². The lowest BCUT2D eigenvalue weighted by Gasteiger charge is -2.33. The monoisotopic (exact) mass is 294 g/mol. The molecule has 0 saturated carbocycles. The highest BCUT2D eigenvalue weighted by atomic mass is 16.4. The predicted molar refractivity (Wildman–Crippen MR) is 77.4 cm³/mol. The van der Waals surface area contributed by atoms with Gasteiger partial charge in [-0.1, -0.05) is 6.42 Å². The predicted octanol–water partition coefficient (Wildman–Crippen LogP) is 1.10. The van der Waals surface area contributed by atoms with Crippen molar-refractivity contribution in [2.75, 3.05) is 19.6 Å². The molecule has 2 rings (SSSR count). The molecule has 2 heterocycles. The molecule has 1 atom stereocenters. The molecule has 7 nitrogen and oxygen atoms in total. The highest BCUT2D eigenvalue weighted by Crippen LogP contribution is 2.16. The third-order valence-corrected chi connectivity index (χ3v) is 3.92. The van der Waals surface area contributed by atoms with Crippen molar-refractivity contribution >= 4 is 11.9 Å². The van der Waals surface area contributed by atoms with Gasteiger partial charge in [0.2, 0.25) is 0 Å². The highest BCUT2D eigenvalue weighted by molar-refractivity contribution is 6.02. The second kappa shape index (κ2) is 7.21. The number of aromatic carboxylic acids is 1. The number of carbonyl (C=O) groups is 2. The van der Waals surface area contributed by atoms with Crippen LogP contribution in [-0.4, -0.2) is 57.5 Å². The minimum Gasteiger partial charge on any atom is -0.477 e. The normalized spacial score (nSPS) is 19.4. The van der Waals surface area contributed by atoms with Crippen molar-refractivity contribution in [1.29, 1.82) is 0 Å². The molecule has 1 unspecified atom stereocenters. The number of hydrogen-bond donors (Lipinski definition) is 3. The summed E-state index contributed by atoms with van der Waals surface area (Å²) in [6.07, 6.45) is 5.84. The van der Waals surface area contributed by atoms with Gasteiger partial charge in [0.15, 0.2) is 11.4 Å². The molecule has 3 N–H and O–H groups in total. The molecule has 0 bridgehead atoms. The van der Waals surface area contributed by atoms with Crippen LogP contribution >= 0.6 is 0 Å². The van der Waals surface area contributed by atoms with Gasteiger partial charge in [-0.15, -0.1) is 0 Å². The van der Waals surface area contributed by atoms with E-state index in [9.17, 15) is 9.59 Å². The van der Waals surface area contributed by atoms with E-state index < -0.39 is 11.9 Å². The Bertz CT molecular complexity index is 500. The highest BCUT2D eigenvalue weighted by Gasteiger charge is 2.20. The molecule has 116 valence electrons. The number of aromatic amines is 1. The van der Waals surface area contributed by atoms with Gasteiger partial charge in [-0.2, -0.15) is 0 Å². The van der Waals surface area contributed by atoms with Crippen molar-refractivity contribution in [3.63, 3.8) is 0 Å². The fraction of sp³-hybridized carbons (Fsp3) is 0.643. The number of carboxylic acids is 1. The Hall–Kier alpha value is -1.89. The van der Waals surface area contributed by atoms with Crippen molar-refractivity contribution in [2.45, 2.75) is 38.6 Å². The van der Waals surface area contributed by atoms with E-state index in [0.717, 1.165) is 19.5 Å². The van der Waals surface area contributed by atoms with Crippen LogP contribution in [0.15, 0.2) is 6.33 Å². The summed E-state index contributed by atoms with van der Waals surface area (Å²) in [5.41, 5.74) is -0.231. The zero-order chi connectivity index (χ0) is 15.2. The number of nitrogens with zero attached hydrogens (tertiary/aromatic N) is 2. The SMILES string of the molecule is CC1CCCCN1CCCNC(=O)c1nc[nH]c1C(=O)O. The Kier molecular flexibility index (Phi) is 5.32. The molecular weight excluding hydrogens is 272 g/mol. The summed E-state index contributed by atoms with van der Waals surface area (Å²) in [6, 6.07) is 0.611. The van der Waals surface area contributed by atoms with E-state index in [-0.39, 0.29) is 11.4 Å². The smallest absolute Gasteiger partial charge is 0.354 e. The van der Waals surface area contributed by atoms with Gasteiger partial charge in [-0.05, 0) is 32.7 Å². The first-order chi connectivity index (χ1) is 10.1. The van der Waals surface area contributed by atoms with Crippen molar-refractivity contribution in [1.82, 2.24) is 20.2 Å². The van der Waals surface area contributed by atoms with E-state index in [1.165, 1.54) is 25.6 Å². The van der Waals surface area contributed by atoms with Gasteiger partial charge in [-0.25, -0.2) is 9.78 Å². The van der Waals surface area contributed by atoms with E-state index in [1.807, 2.05) is 0 Å². The fourth-order valence-electron chi connectivity index (χ4n) is 2.69. The minimum absolute atomic E-state index is 0.0613. The van der Waals surface area contributed by atoms with Crippen molar-refractivity contribution in [2.24, 2.45) is 0 Å². The van der Waals surface area contributed by atoms with Crippen LogP contribution in [0, 0.1) is 0 Å². The van der Waals surface area contributed by atoms with E-state index in [1.54, 1.807) is 0 Å². The van der Waals surface area contributed by atoms with E-state index in [2.05, 4.69) is 27.1 Å². The maximum atomic E-state index is 11.9. The van der Waals surface area contributed by atoms with Crippen LogP contribution in [-0.2, 0) is 0 Å². The second-order valence-corrected chi connectivity index (χ2v) is 5.42. The van der Waals surface area contributed by atoms with Crippen LogP contribution < -0.4 is 5.32 Å². The molecule has 0 spiro atoms. The summed E-state index contributed by atoms with van der Waals surface area (Å²) in [4.78, 5) is 31.4.